The first-order valence-corrected chi connectivity index (χ1v) is 18.4. The van der Waals surface area contributed by atoms with Gasteiger partial charge in [-0.05, 0) is 50.1 Å². The number of carbonyl (C=O) groups is 4. The molecule has 0 aromatic heterocycles. The van der Waals surface area contributed by atoms with Gasteiger partial charge in [-0.15, -0.1) is 0 Å². The van der Waals surface area contributed by atoms with E-state index in [-0.39, 0.29) is 67.6 Å². The molecule has 4 amide bonds. The van der Waals surface area contributed by atoms with Gasteiger partial charge in [-0.2, -0.15) is 0 Å². The summed E-state index contributed by atoms with van der Waals surface area (Å²) in [5.41, 5.74) is 1.00. The number of nitrogens with zero attached hydrogens (tertiary/aromatic N) is 2. The first-order valence-electron chi connectivity index (χ1n) is 18.4. The topological polar surface area (TPSA) is 170 Å². The molecule has 0 spiro atoms. The highest BCUT2D eigenvalue weighted by Gasteiger charge is 2.43. The van der Waals surface area contributed by atoms with Crippen LogP contribution in [0.1, 0.15) is 72.3 Å². The standard InChI is InChI=1S/C38H65N5O8/c1-10-25(4)34(42(7)38(49)33(24(2)3)41-37(48)29(39-6)18-20-44)31(50-8)22-32(46)43-19-14-17-30(43)35(51-9)26(5)36(47)40-28(23-45)21-27-15-12-11-13-16-27/h11-13,15-16,24-26,28-31,33-35,39,44-45H,10,14,17-23H2,1-9H3,(H,40,47)(H,41,48)/t25-,26+,28-,29-,30-,31+,33-,34-,35+/m0/s1. The molecule has 1 aliphatic rings. The maximum Gasteiger partial charge on any atom is 0.245 e. The van der Waals surface area contributed by atoms with Gasteiger partial charge in [0.05, 0.1) is 55.3 Å². The number of hydrogen-bond donors (Lipinski definition) is 5. The van der Waals surface area contributed by atoms with E-state index >= 15 is 0 Å². The van der Waals surface area contributed by atoms with E-state index in [4.69, 9.17) is 9.47 Å². The van der Waals surface area contributed by atoms with Crippen LogP contribution in [0, 0.1) is 17.8 Å². The van der Waals surface area contributed by atoms with Crippen LogP contribution in [0.5, 0.6) is 0 Å². The van der Waals surface area contributed by atoms with Gasteiger partial charge in [-0.1, -0.05) is 71.4 Å². The Labute approximate surface area is 305 Å². The van der Waals surface area contributed by atoms with E-state index in [9.17, 15) is 29.4 Å². The Morgan fingerprint density at radius 3 is 2.20 bits per heavy atom. The van der Waals surface area contributed by atoms with Crippen LogP contribution in [-0.2, 0) is 35.1 Å². The number of aliphatic hydroxyl groups excluding tert-OH is 2. The van der Waals surface area contributed by atoms with Gasteiger partial charge in [0.15, 0.2) is 0 Å². The molecule has 1 aliphatic heterocycles. The lowest BCUT2D eigenvalue weighted by Crippen LogP contribution is -2.59. The largest absolute Gasteiger partial charge is 0.396 e. The Kier molecular flexibility index (Phi) is 19.1. The van der Waals surface area contributed by atoms with Crippen LogP contribution in [0.25, 0.3) is 0 Å². The van der Waals surface area contributed by atoms with Crippen LogP contribution in [0.4, 0.5) is 0 Å². The number of aliphatic hydroxyl groups is 2. The predicted octanol–water partition coefficient (Wildman–Crippen LogP) is 1.74. The maximum absolute atomic E-state index is 14.1. The van der Waals surface area contributed by atoms with Gasteiger partial charge < -0.3 is 45.4 Å². The normalized spacial score (nSPS) is 19.4. The van der Waals surface area contributed by atoms with Crippen molar-refractivity contribution in [3.05, 3.63) is 35.9 Å². The first-order chi connectivity index (χ1) is 24.3. The molecule has 290 valence electrons. The maximum atomic E-state index is 14.1. The predicted molar refractivity (Wildman–Crippen MR) is 197 cm³/mol. The Morgan fingerprint density at radius 1 is 1.00 bits per heavy atom. The van der Waals surface area contributed by atoms with E-state index in [0.717, 1.165) is 18.4 Å². The van der Waals surface area contributed by atoms with Crippen molar-refractivity contribution in [2.45, 2.75) is 116 Å². The molecule has 1 aromatic rings. The summed E-state index contributed by atoms with van der Waals surface area (Å²) in [7, 11) is 6.41. The smallest absolute Gasteiger partial charge is 0.245 e. The molecule has 0 radical (unpaired) electrons. The van der Waals surface area contributed by atoms with Crippen molar-refractivity contribution in [3.8, 4) is 0 Å². The minimum atomic E-state index is -0.826. The summed E-state index contributed by atoms with van der Waals surface area (Å²) >= 11 is 0. The molecule has 0 unspecified atom stereocenters. The van der Waals surface area contributed by atoms with Crippen molar-refractivity contribution in [2.24, 2.45) is 17.8 Å². The van der Waals surface area contributed by atoms with E-state index < -0.39 is 42.3 Å². The number of nitrogens with one attached hydrogen (secondary N) is 3. The van der Waals surface area contributed by atoms with Gasteiger partial charge in [0.1, 0.15) is 6.04 Å². The fourth-order valence-electron chi connectivity index (χ4n) is 7.22. The molecule has 1 heterocycles. The second-order valence-electron chi connectivity index (χ2n) is 14.3. The Balaban J connectivity index is 2.23. The SMILES string of the molecule is CC[C@H](C)[C@@H]([C@@H](CC(=O)N1CCC[C@H]1[C@H](OC)[C@@H](C)C(=O)N[C@H](CO)Cc1ccccc1)OC)N(C)C(=O)[C@@H](NC(=O)[C@H](CCO)NC)C(C)C. The third kappa shape index (κ3) is 12.2. The number of likely N-dealkylation sites (N-methyl/N-ethyl adjacent to an activating group) is 2. The van der Waals surface area contributed by atoms with Crippen molar-refractivity contribution in [3.63, 3.8) is 0 Å². The molecule has 0 aliphatic carbocycles. The molecule has 1 fully saturated rings. The summed E-state index contributed by atoms with van der Waals surface area (Å²) in [5.74, 6) is -1.94. The molecule has 13 heteroatoms. The van der Waals surface area contributed by atoms with E-state index in [1.165, 1.54) is 0 Å². The Bertz CT molecular complexity index is 1220. The van der Waals surface area contributed by atoms with Crippen molar-refractivity contribution < 1.29 is 38.9 Å². The minimum absolute atomic E-state index is 0.0112. The minimum Gasteiger partial charge on any atom is -0.396 e. The quantitative estimate of drug-likeness (QED) is 0.120. The molecule has 5 N–H and O–H groups in total. The molecular weight excluding hydrogens is 654 g/mol. The van der Waals surface area contributed by atoms with E-state index in [1.807, 2.05) is 58.0 Å². The van der Waals surface area contributed by atoms with Gasteiger partial charge in [0, 0.05) is 34.4 Å². The monoisotopic (exact) mass is 719 g/mol. The van der Waals surface area contributed by atoms with Crippen LogP contribution < -0.4 is 16.0 Å². The van der Waals surface area contributed by atoms with Crippen molar-refractivity contribution >= 4 is 23.6 Å². The fourth-order valence-corrected chi connectivity index (χ4v) is 7.22. The number of carbonyl (C=O) groups excluding carboxylic acids is 4. The zero-order valence-corrected chi connectivity index (χ0v) is 32.3. The van der Waals surface area contributed by atoms with Crippen LogP contribution >= 0.6 is 0 Å². The lowest BCUT2D eigenvalue weighted by molar-refractivity contribution is -0.147. The lowest BCUT2D eigenvalue weighted by Gasteiger charge is -2.41. The number of likely N-dealkylation sites (tertiary alicyclic amines) is 1. The van der Waals surface area contributed by atoms with Crippen molar-refractivity contribution in [1.29, 1.82) is 0 Å². The molecule has 0 saturated carbocycles. The van der Waals surface area contributed by atoms with Crippen LogP contribution in [0.3, 0.4) is 0 Å². The fraction of sp³-hybridized carbons (Fsp3) is 0.737. The van der Waals surface area contributed by atoms with E-state index in [2.05, 4.69) is 16.0 Å². The summed E-state index contributed by atoms with van der Waals surface area (Å²) in [4.78, 5) is 58.0. The van der Waals surface area contributed by atoms with E-state index in [1.54, 1.807) is 45.0 Å². The van der Waals surface area contributed by atoms with Gasteiger partial charge >= 0.3 is 0 Å². The van der Waals surface area contributed by atoms with Gasteiger partial charge in [-0.3, -0.25) is 19.2 Å². The number of ether oxygens (including phenoxy) is 2. The number of methoxy groups -OCH3 is 2. The number of hydrogen-bond acceptors (Lipinski definition) is 9. The molecule has 2 rings (SSSR count). The lowest BCUT2D eigenvalue weighted by atomic mass is 9.89. The highest BCUT2D eigenvalue weighted by molar-refractivity contribution is 5.90. The Morgan fingerprint density at radius 2 is 1.67 bits per heavy atom. The highest BCUT2D eigenvalue weighted by Crippen LogP contribution is 2.29. The highest BCUT2D eigenvalue weighted by atomic mass is 16.5. The molecular formula is C38H65N5O8. The summed E-state index contributed by atoms with van der Waals surface area (Å²) in [5, 5.41) is 28.1. The van der Waals surface area contributed by atoms with Crippen LogP contribution in [0.2, 0.25) is 0 Å². The number of amides is 4. The van der Waals surface area contributed by atoms with Crippen molar-refractivity contribution in [1.82, 2.24) is 25.8 Å². The average molecular weight is 720 g/mol. The van der Waals surface area contributed by atoms with Gasteiger partial charge in [0.2, 0.25) is 23.6 Å². The second kappa shape index (κ2) is 22.1. The van der Waals surface area contributed by atoms with E-state index in [0.29, 0.717) is 19.4 Å². The second-order valence-corrected chi connectivity index (χ2v) is 14.3. The summed E-state index contributed by atoms with van der Waals surface area (Å²) < 4.78 is 11.9. The third-order valence-electron chi connectivity index (χ3n) is 10.5. The molecule has 1 aromatic carbocycles. The number of benzene rings is 1. The zero-order valence-electron chi connectivity index (χ0n) is 32.3. The number of rotatable bonds is 22. The molecule has 51 heavy (non-hydrogen) atoms. The first kappa shape index (κ1) is 44.1. The molecule has 1 saturated heterocycles. The van der Waals surface area contributed by atoms with Gasteiger partial charge in [-0.25, -0.2) is 0 Å². The molecule has 13 nitrogen and oxygen atoms in total. The molecule has 0 bridgehead atoms. The Hall–Kier alpha value is -3.10. The van der Waals surface area contributed by atoms with Crippen LogP contribution in [-0.4, -0.2) is 134 Å². The zero-order chi connectivity index (χ0) is 38.2. The third-order valence-corrected chi connectivity index (χ3v) is 10.5. The summed E-state index contributed by atoms with van der Waals surface area (Å²) in [6.45, 7) is 9.66. The summed E-state index contributed by atoms with van der Waals surface area (Å²) in [6.07, 6.45) is 1.62. The summed E-state index contributed by atoms with van der Waals surface area (Å²) in [6, 6.07) is 6.89. The van der Waals surface area contributed by atoms with Crippen molar-refractivity contribution in [2.75, 3.05) is 48.1 Å². The van der Waals surface area contributed by atoms with Crippen LogP contribution in [0.15, 0.2) is 30.3 Å². The average Bonchev–Trinajstić information content (AvgIpc) is 3.61. The van der Waals surface area contributed by atoms with Gasteiger partial charge in [0.25, 0.3) is 0 Å². The molecule has 9 atom stereocenters.